The molecule has 1 amide bonds. The number of pyridine rings is 1. The number of ether oxygens (including phenoxy) is 2. The van der Waals surface area contributed by atoms with E-state index in [9.17, 15) is 9.59 Å². The minimum atomic E-state index is -0.627. The number of Topliss-reactive ketones (excluding diaryl/α,β-unsaturated/α-hetero) is 1. The summed E-state index contributed by atoms with van der Waals surface area (Å²) in [7, 11) is 0. The lowest BCUT2D eigenvalue weighted by Gasteiger charge is -2.20. The van der Waals surface area contributed by atoms with Crippen LogP contribution in [0.5, 0.6) is 0 Å². The fourth-order valence-corrected chi connectivity index (χ4v) is 2.07. The second-order valence-electron chi connectivity index (χ2n) is 5.95. The molecule has 6 heteroatoms. The summed E-state index contributed by atoms with van der Waals surface area (Å²) in [5.41, 5.74) is -0.221. The summed E-state index contributed by atoms with van der Waals surface area (Å²) >= 11 is 0. The van der Waals surface area contributed by atoms with E-state index in [0.29, 0.717) is 25.2 Å². The van der Waals surface area contributed by atoms with E-state index in [1.54, 1.807) is 32.9 Å². The van der Waals surface area contributed by atoms with E-state index in [4.69, 9.17) is 9.47 Å². The minimum Gasteiger partial charge on any atom is -0.444 e. The van der Waals surface area contributed by atoms with Crippen molar-refractivity contribution in [2.45, 2.75) is 32.8 Å². The van der Waals surface area contributed by atoms with Crippen molar-refractivity contribution in [3.8, 4) is 0 Å². The summed E-state index contributed by atoms with van der Waals surface area (Å²) in [5.74, 6) is -0.0105. The molecule has 1 aromatic heterocycles. The average Bonchev–Trinajstić information content (AvgIpc) is 2.90. The zero-order valence-electron chi connectivity index (χ0n) is 12.5. The van der Waals surface area contributed by atoms with Crippen LogP contribution in [0.15, 0.2) is 18.3 Å². The lowest BCUT2D eigenvalue weighted by atomic mass is 9.97. The van der Waals surface area contributed by atoms with Crippen molar-refractivity contribution in [2.24, 2.45) is 5.92 Å². The molecule has 114 valence electrons. The summed E-state index contributed by atoms with van der Waals surface area (Å²) in [6.45, 7) is 6.32. The molecule has 2 heterocycles. The Bertz CT molecular complexity index is 531. The molecule has 2 rings (SSSR count). The number of hydrogen-bond acceptors (Lipinski definition) is 5. The van der Waals surface area contributed by atoms with Crippen LogP contribution in [0, 0.1) is 5.92 Å². The molecule has 0 aromatic carbocycles. The summed E-state index contributed by atoms with van der Waals surface area (Å²) in [5, 5.41) is 2.54. The van der Waals surface area contributed by atoms with Crippen LogP contribution in [0.4, 0.5) is 10.6 Å². The molecule has 0 radical (unpaired) electrons. The van der Waals surface area contributed by atoms with Gasteiger partial charge in [-0.1, -0.05) is 0 Å². The van der Waals surface area contributed by atoms with Gasteiger partial charge in [0.25, 0.3) is 0 Å². The molecule has 1 unspecified atom stereocenters. The molecule has 6 nitrogen and oxygen atoms in total. The predicted molar refractivity (Wildman–Crippen MR) is 77.4 cm³/mol. The molecule has 1 N–H and O–H groups in total. The van der Waals surface area contributed by atoms with Crippen molar-refractivity contribution in [2.75, 3.05) is 18.5 Å². The van der Waals surface area contributed by atoms with Crippen LogP contribution in [0.3, 0.4) is 0 Å². The largest absolute Gasteiger partial charge is 0.444 e. The number of rotatable bonds is 3. The van der Waals surface area contributed by atoms with E-state index in [2.05, 4.69) is 10.3 Å². The maximum atomic E-state index is 12.4. The smallest absolute Gasteiger partial charge is 0.413 e. The molecule has 0 aliphatic carbocycles. The zero-order chi connectivity index (χ0) is 15.5. The minimum absolute atomic E-state index is 0.0633. The Hall–Kier alpha value is -1.95. The van der Waals surface area contributed by atoms with Gasteiger partial charge in [0.05, 0.1) is 12.2 Å². The second kappa shape index (κ2) is 6.22. The normalized spacial score (nSPS) is 18.3. The van der Waals surface area contributed by atoms with Gasteiger partial charge in [-0.25, -0.2) is 9.78 Å². The van der Waals surface area contributed by atoms with Gasteiger partial charge in [0.1, 0.15) is 11.4 Å². The molecular formula is C15H20N2O4. The Kier molecular flexibility index (Phi) is 4.57. The van der Waals surface area contributed by atoms with Crippen LogP contribution in [-0.4, -0.2) is 35.7 Å². The Morgan fingerprint density at radius 2 is 2.19 bits per heavy atom. The van der Waals surface area contributed by atoms with E-state index in [-0.39, 0.29) is 17.5 Å². The molecule has 1 atom stereocenters. The Morgan fingerprint density at radius 3 is 2.81 bits per heavy atom. The van der Waals surface area contributed by atoms with Crippen LogP contribution in [0.2, 0.25) is 0 Å². The number of carbonyl (C=O) groups is 2. The highest BCUT2D eigenvalue weighted by atomic mass is 16.6. The number of anilines is 1. The molecule has 1 aliphatic rings. The lowest BCUT2D eigenvalue weighted by Crippen LogP contribution is -2.28. The number of ketones is 1. The van der Waals surface area contributed by atoms with E-state index in [0.717, 1.165) is 0 Å². The highest BCUT2D eigenvalue weighted by molar-refractivity contribution is 6.04. The SMILES string of the molecule is CC(C)(C)OC(=O)Nc1ncccc1C(=O)C1CCOC1. The monoisotopic (exact) mass is 292 g/mol. The van der Waals surface area contributed by atoms with E-state index < -0.39 is 11.7 Å². The fourth-order valence-electron chi connectivity index (χ4n) is 2.07. The quantitative estimate of drug-likeness (QED) is 0.867. The summed E-state index contributed by atoms with van der Waals surface area (Å²) < 4.78 is 10.4. The molecular weight excluding hydrogens is 272 g/mol. The number of carbonyl (C=O) groups excluding carboxylic acids is 2. The molecule has 1 fully saturated rings. The highest BCUT2D eigenvalue weighted by Gasteiger charge is 2.27. The number of nitrogens with one attached hydrogen (secondary N) is 1. The molecule has 0 bridgehead atoms. The van der Waals surface area contributed by atoms with Gasteiger partial charge in [0.15, 0.2) is 5.78 Å². The van der Waals surface area contributed by atoms with Crippen molar-refractivity contribution >= 4 is 17.7 Å². The molecule has 1 aromatic rings. The van der Waals surface area contributed by atoms with Crippen LogP contribution in [0.1, 0.15) is 37.6 Å². The second-order valence-corrected chi connectivity index (χ2v) is 5.95. The number of hydrogen-bond donors (Lipinski definition) is 1. The fraction of sp³-hybridized carbons (Fsp3) is 0.533. The van der Waals surface area contributed by atoms with Crippen molar-refractivity contribution in [1.82, 2.24) is 4.98 Å². The first-order chi connectivity index (χ1) is 9.87. The van der Waals surface area contributed by atoms with Crippen molar-refractivity contribution in [1.29, 1.82) is 0 Å². The Balaban J connectivity index is 2.13. The zero-order valence-corrected chi connectivity index (χ0v) is 12.5. The number of amides is 1. The van der Waals surface area contributed by atoms with Gasteiger partial charge >= 0.3 is 6.09 Å². The maximum absolute atomic E-state index is 12.4. The molecule has 1 aliphatic heterocycles. The van der Waals surface area contributed by atoms with Gasteiger partial charge in [-0.15, -0.1) is 0 Å². The van der Waals surface area contributed by atoms with Gasteiger partial charge in [-0.05, 0) is 39.3 Å². The molecule has 0 saturated carbocycles. The lowest BCUT2D eigenvalue weighted by molar-refractivity contribution is 0.0635. The average molecular weight is 292 g/mol. The Morgan fingerprint density at radius 1 is 1.43 bits per heavy atom. The van der Waals surface area contributed by atoms with Crippen molar-refractivity contribution in [3.63, 3.8) is 0 Å². The van der Waals surface area contributed by atoms with Gasteiger partial charge in [-0.2, -0.15) is 0 Å². The highest BCUT2D eigenvalue weighted by Crippen LogP contribution is 2.22. The third-order valence-electron chi connectivity index (χ3n) is 2.99. The summed E-state index contributed by atoms with van der Waals surface area (Å²) in [4.78, 5) is 28.3. The molecule has 0 spiro atoms. The van der Waals surface area contributed by atoms with E-state index >= 15 is 0 Å². The predicted octanol–water partition coefficient (Wildman–Crippen LogP) is 2.65. The van der Waals surface area contributed by atoms with E-state index in [1.807, 2.05) is 0 Å². The maximum Gasteiger partial charge on any atom is 0.413 e. The molecule has 21 heavy (non-hydrogen) atoms. The summed E-state index contributed by atoms with van der Waals surface area (Å²) in [6, 6.07) is 3.32. The first-order valence-corrected chi connectivity index (χ1v) is 6.94. The van der Waals surface area contributed by atoms with Gasteiger partial charge in [0.2, 0.25) is 0 Å². The van der Waals surface area contributed by atoms with Crippen LogP contribution in [0.25, 0.3) is 0 Å². The van der Waals surface area contributed by atoms with Crippen molar-refractivity contribution in [3.05, 3.63) is 23.9 Å². The van der Waals surface area contributed by atoms with Gasteiger partial charge in [-0.3, -0.25) is 10.1 Å². The first kappa shape index (κ1) is 15.4. The van der Waals surface area contributed by atoms with Gasteiger partial charge < -0.3 is 9.47 Å². The third kappa shape index (κ3) is 4.26. The van der Waals surface area contributed by atoms with Crippen molar-refractivity contribution < 1.29 is 19.1 Å². The first-order valence-electron chi connectivity index (χ1n) is 6.94. The summed E-state index contributed by atoms with van der Waals surface area (Å²) in [6.07, 6.45) is 1.59. The Labute approximate surface area is 123 Å². The standard InChI is InChI=1S/C15H20N2O4/c1-15(2,3)21-14(19)17-13-11(5-4-7-16-13)12(18)10-6-8-20-9-10/h4-5,7,10H,6,8-9H2,1-3H3,(H,16,17,19). The molecule has 1 saturated heterocycles. The van der Waals surface area contributed by atoms with Crippen LogP contribution in [-0.2, 0) is 9.47 Å². The topological polar surface area (TPSA) is 77.5 Å². The van der Waals surface area contributed by atoms with Gasteiger partial charge in [0, 0.05) is 18.7 Å². The number of nitrogens with zero attached hydrogens (tertiary/aromatic N) is 1. The third-order valence-corrected chi connectivity index (χ3v) is 2.99. The van der Waals surface area contributed by atoms with Crippen LogP contribution >= 0.6 is 0 Å². The van der Waals surface area contributed by atoms with E-state index in [1.165, 1.54) is 6.20 Å². The van der Waals surface area contributed by atoms with Crippen LogP contribution < -0.4 is 5.32 Å². The number of aromatic nitrogens is 1.